The van der Waals surface area contributed by atoms with Crippen molar-refractivity contribution in [1.82, 2.24) is 0 Å². The van der Waals surface area contributed by atoms with Crippen molar-refractivity contribution in [1.29, 1.82) is 0 Å². The zero-order valence-electron chi connectivity index (χ0n) is 7.36. The highest BCUT2D eigenvalue weighted by molar-refractivity contribution is 4.90. The Labute approximate surface area is 81.1 Å². The molecule has 0 N–H and O–H groups in total. The molecule has 0 amide bonds. The first-order valence-corrected chi connectivity index (χ1v) is 4.04. The molecule has 90 valence electrons. The second-order valence-electron chi connectivity index (χ2n) is 3.01. The van der Waals surface area contributed by atoms with Crippen LogP contribution in [-0.4, -0.2) is 44.2 Å². The van der Waals surface area contributed by atoms with Gasteiger partial charge in [-0.05, 0) is 0 Å². The van der Waals surface area contributed by atoms with Gasteiger partial charge in [-0.3, -0.25) is 0 Å². The van der Waals surface area contributed by atoms with Crippen LogP contribution in [-0.2, 0) is 9.47 Å². The SMILES string of the molecule is F[C@@H](C(F)(F)F)C(F)(F)[C@@H]1COCCO1. The predicted octanol–water partition coefficient (Wildman–Crippen LogP) is 1.94. The van der Waals surface area contributed by atoms with E-state index in [0.717, 1.165) is 0 Å². The molecule has 0 saturated carbocycles. The molecule has 0 radical (unpaired) electrons. The number of ether oxygens (including phenoxy) is 2. The number of hydrogen-bond donors (Lipinski definition) is 0. The van der Waals surface area contributed by atoms with Crippen molar-refractivity contribution in [2.75, 3.05) is 19.8 Å². The summed E-state index contributed by atoms with van der Waals surface area (Å²) in [5, 5.41) is 0. The third-order valence-corrected chi connectivity index (χ3v) is 1.87. The molecule has 8 heteroatoms. The first-order valence-electron chi connectivity index (χ1n) is 4.04. The van der Waals surface area contributed by atoms with Gasteiger partial charge in [0.15, 0.2) is 0 Å². The van der Waals surface area contributed by atoms with Gasteiger partial charge in [-0.15, -0.1) is 0 Å². The van der Waals surface area contributed by atoms with Gasteiger partial charge in [0.2, 0.25) is 0 Å². The van der Waals surface area contributed by atoms with Crippen LogP contribution in [0.2, 0.25) is 0 Å². The lowest BCUT2D eigenvalue weighted by molar-refractivity contribution is -0.286. The van der Waals surface area contributed by atoms with E-state index in [0.29, 0.717) is 0 Å². The van der Waals surface area contributed by atoms with E-state index in [9.17, 15) is 26.3 Å². The molecule has 0 aromatic rings. The van der Waals surface area contributed by atoms with Crippen LogP contribution >= 0.6 is 0 Å². The Morgan fingerprint density at radius 2 is 1.67 bits per heavy atom. The normalized spacial score (nSPS) is 26.4. The van der Waals surface area contributed by atoms with Crippen molar-refractivity contribution in [3.05, 3.63) is 0 Å². The average molecular weight is 238 g/mol. The first-order chi connectivity index (χ1) is 6.76. The molecular weight excluding hydrogens is 230 g/mol. The Morgan fingerprint density at radius 1 is 1.07 bits per heavy atom. The Bertz CT molecular complexity index is 210. The lowest BCUT2D eigenvalue weighted by Gasteiger charge is -2.32. The van der Waals surface area contributed by atoms with E-state index >= 15 is 0 Å². The van der Waals surface area contributed by atoms with Crippen molar-refractivity contribution in [2.24, 2.45) is 0 Å². The van der Waals surface area contributed by atoms with E-state index < -0.39 is 31.0 Å². The molecule has 0 spiro atoms. The maximum absolute atomic E-state index is 12.9. The van der Waals surface area contributed by atoms with Gasteiger partial charge in [-0.25, -0.2) is 4.39 Å². The van der Waals surface area contributed by atoms with Crippen LogP contribution in [0.5, 0.6) is 0 Å². The van der Waals surface area contributed by atoms with Crippen LogP contribution in [0.1, 0.15) is 0 Å². The third-order valence-electron chi connectivity index (χ3n) is 1.87. The van der Waals surface area contributed by atoms with E-state index in [1.165, 1.54) is 0 Å². The minimum Gasteiger partial charge on any atom is -0.376 e. The molecule has 1 aliphatic rings. The number of halogens is 6. The monoisotopic (exact) mass is 238 g/mol. The molecule has 1 saturated heterocycles. The zero-order valence-corrected chi connectivity index (χ0v) is 7.36. The van der Waals surface area contributed by atoms with Gasteiger partial charge in [0.05, 0.1) is 19.8 Å². The molecule has 1 fully saturated rings. The van der Waals surface area contributed by atoms with Gasteiger partial charge in [0.1, 0.15) is 6.10 Å². The lowest BCUT2D eigenvalue weighted by atomic mass is 10.1. The largest absolute Gasteiger partial charge is 0.425 e. The summed E-state index contributed by atoms with van der Waals surface area (Å²) in [5.74, 6) is -4.63. The van der Waals surface area contributed by atoms with Crippen molar-refractivity contribution < 1.29 is 35.8 Å². The highest BCUT2D eigenvalue weighted by atomic mass is 19.4. The number of rotatable bonds is 2. The predicted molar refractivity (Wildman–Crippen MR) is 36.5 cm³/mol. The van der Waals surface area contributed by atoms with E-state index in [-0.39, 0.29) is 13.2 Å². The minimum atomic E-state index is -5.61. The highest BCUT2D eigenvalue weighted by Crippen LogP contribution is 2.38. The van der Waals surface area contributed by atoms with Gasteiger partial charge in [0.25, 0.3) is 6.17 Å². The van der Waals surface area contributed by atoms with E-state index in [2.05, 4.69) is 9.47 Å². The fraction of sp³-hybridized carbons (Fsp3) is 1.00. The third kappa shape index (κ3) is 2.75. The lowest BCUT2D eigenvalue weighted by Crippen LogP contribution is -2.53. The Hall–Kier alpha value is -0.500. The second kappa shape index (κ2) is 4.17. The quantitative estimate of drug-likeness (QED) is 0.684. The van der Waals surface area contributed by atoms with Crippen molar-refractivity contribution >= 4 is 0 Å². The van der Waals surface area contributed by atoms with Crippen molar-refractivity contribution in [2.45, 2.75) is 24.4 Å². The molecule has 15 heavy (non-hydrogen) atoms. The summed E-state index contributed by atoms with van der Waals surface area (Å²) in [6.45, 7) is -1.01. The fourth-order valence-electron chi connectivity index (χ4n) is 1.09. The average Bonchev–Trinajstić information content (AvgIpc) is 2.16. The Kier molecular flexibility index (Phi) is 3.49. The molecule has 2 nitrogen and oxygen atoms in total. The summed E-state index contributed by atoms with van der Waals surface area (Å²) >= 11 is 0. The number of alkyl halides is 6. The molecule has 1 rings (SSSR count). The van der Waals surface area contributed by atoms with Crippen LogP contribution in [0.15, 0.2) is 0 Å². The molecule has 0 bridgehead atoms. The van der Waals surface area contributed by atoms with Gasteiger partial charge in [-0.1, -0.05) is 0 Å². The fourth-order valence-corrected chi connectivity index (χ4v) is 1.09. The maximum atomic E-state index is 12.9. The van der Waals surface area contributed by atoms with Gasteiger partial charge >= 0.3 is 12.1 Å². The first kappa shape index (κ1) is 12.6. The summed E-state index contributed by atoms with van der Waals surface area (Å²) in [6.07, 6.45) is -12.0. The number of hydrogen-bond acceptors (Lipinski definition) is 2. The highest BCUT2D eigenvalue weighted by Gasteiger charge is 2.61. The standard InChI is InChI=1S/C7H8F6O2/c8-5(7(11,12)13)6(9,10)4-3-14-1-2-15-4/h4-5H,1-3H2/t4-,5+/m0/s1. The van der Waals surface area contributed by atoms with E-state index in [1.807, 2.05) is 0 Å². The van der Waals surface area contributed by atoms with Gasteiger partial charge < -0.3 is 9.47 Å². The molecule has 0 aliphatic carbocycles. The zero-order chi connectivity index (χ0) is 11.7. The molecule has 0 unspecified atom stereocenters. The summed E-state index contributed by atoms with van der Waals surface area (Å²) in [7, 11) is 0. The molecule has 2 atom stereocenters. The van der Waals surface area contributed by atoms with E-state index in [1.54, 1.807) is 0 Å². The minimum absolute atomic E-state index is 0.00947. The summed E-state index contributed by atoms with van der Waals surface area (Å²) in [5.41, 5.74) is 0. The van der Waals surface area contributed by atoms with Gasteiger partial charge in [0, 0.05) is 0 Å². The van der Waals surface area contributed by atoms with Crippen LogP contribution in [0.25, 0.3) is 0 Å². The Balaban J connectivity index is 2.71. The van der Waals surface area contributed by atoms with Crippen LogP contribution in [0.3, 0.4) is 0 Å². The van der Waals surface area contributed by atoms with Gasteiger partial charge in [-0.2, -0.15) is 22.0 Å². The maximum Gasteiger partial charge on any atom is 0.425 e. The molecular formula is C7H8F6O2. The van der Waals surface area contributed by atoms with Crippen molar-refractivity contribution in [3.63, 3.8) is 0 Å². The molecule has 0 aromatic heterocycles. The topological polar surface area (TPSA) is 18.5 Å². The summed E-state index contributed by atoms with van der Waals surface area (Å²) < 4.78 is 82.3. The molecule has 1 aliphatic heterocycles. The Morgan fingerprint density at radius 3 is 2.07 bits per heavy atom. The summed E-state index contributed by atoms with van der Waals surface area (Å²) in [6, 6.07) is 0. The second-order valence-corrected chi connectivity index (χ2v) is 3.01. The molecule has 1 heterocycles. The van der Waals surface area contributed by atoms with Crippen LogP contribution < -0.4 is 0 Å². The summed E-state index contributed by atoms with van der Waals surface area (Å²) in [4.78, 5) is 0. The molecule has 0 aromatic carbocycles. The van der Waals surface area contributed by atoms with Crippen LogP contribution in [0.4, 0.5) is 26.3 Å². The van der Waals surface area contributed by atoms with Crippen LogP contribution in [0, 0.1) is 0 Å². The van der Waals surface area contributed by atoms with Crippen molar-refractivity contribution in [3.8, 4) is 0 Å². The smallest absolute Gasteiger partial charge is 0.376 e. The van der Waals surface area contributed by atoms with E-state index in [4.69, 9.17) is 0 Å².